The fourth-order valence-corrected chi connectivity index (χ4v) is 3.66. The Bertz CT molecular complexity index is 867. The lowest BCUT2D eigenvalue weighted by Crippen LogP contribution is -2.47. The van der Waals surface area contributed by atoms with Gasteiger partial charge in [0.05, 0.1) is 0 Å². The molecule has 8 heteroatoms. The van der Waals surface area contributed by atoms with Gasteiger partial charge in [-0.25, -0.2) is 14.0 Å². The summed E-state index contributed by atoms with van der Waals surface area (Å²) in [6.07, 6.45) is 1.97. The van der Waals surface area contributed by atoms with Crippen LogP contribution in [-0.4, -0.2) is 54.4 Å². The van der Waals surface area contributed by atoms with Crippen LogP contribution in [0.15, 0.2) is 48.5 Å². The summed E-state index contributed by atoms with van der Waals surface area (Å²) >= 11 is 0. The molecule has 1 aliphatic heterocycles. The van der Waals surface area contributed by atoms with Gasteiger partial charge in [-0.15, -0.1) is 0 Å². The van der Waals surface area contributed by atoms with E-state index in [1.807, 2.05) is 35.2 Å². The summed E-state index contributed by atoms with van der Waals surface area (Å²) in [5.41, 5.74) is 2.96. The third kappa shape index (κ3) is 7.47. The number of anilines is 1. The highest BCUT2D eigenvalue weighted by Gasteiger charge is 2.22. The van der Waals surface area contributed by atoms with Crippen LogP contribution in [-0.2, 0) is 12.8 Å². The maximum Gasteiger partial charge on any atom is 0.404 e. The van der Waals surface area contributed by atoms with Crippen molar-refractivity contribution >= 4 is 17.8 Å². The minimum atomic E-state index is -1.01. The zero-order valence-corrected chi connectivity index (χ0v) is 17.4. The summed E-state index contributed by atoms with van der Waals surface area (Å²) in [7, 11) is 0. The van der Waals surface area contributed by atoms with Crippen LogP contribution >= 0.6 is 0 Å². The first-order valence-corrected chi connectivity index (χ1v) is 10.6. The highest BCUT2D eigenvalue weighted by Crippen LogP contribution is 2.17. The minimum Gasteiger partial charge on any atom is -0.465 e. The van der Waals surface area contributed by atoms with Gasteiger partial charge >= 0.3 is 12.1 Å². The summed E-state index contributed by atoms with van der Waals surface area (Å²) < 4.78 is 13.2. The average Bonchev–Trinajstić information content (AvgIpc) is 2.75. The number of amides is 3. The van der Waals surface area contributed by atoms with Crippen molar-refractivity contribution in [1.82, 2.24) is 15.5 Å². The molecule has 2 aromatic rings. The van der Waals surface area contributed by atoms with Crippen LogP contribution < -0.4 is 16.0 Å². The Balaban J connectivity index is 1.35. The molecule has 0 aliphatic carbocycles. The molecular formula is C23H29FN4O3. The highest BCUT2D eigenvalue weighted by molar-refractivity contribution is 5.74. The monoisotopic (exact) mass is 428 g/mol. The second-order valence-electron chi connectivity index (χ2n) is 7.70. The van der Waals surface area contributed by atoms with E-state index in [-0.39, 0.29) is 11.8 Å². The standard InChI is InChI=1S/C23H29FN4O3/c24-19-3-1-2-18(16-19)9-12-25-22(29)28-14-10-21(11-15-28)27-20-6-4-17(5-7-20)8-13-26-23(30)31/h1-7,16,21,26-27H,8-15H2,(H,25,29)(H,30,31). The summed E-state index contributed by atoms with van der Waals surface area (Å²) in [5.74, 6) is -0.261. The van der Waals surface area contributed by atoms with Gasteiger partial charge in [0.2, 0.25) is 0 Å². The van der Waals surface area contributed by atoms with E-state index < -0.39 is 6.09 Å². The molecular weight excluding hydrogens is 399 g/mol. The van der Waals surface area contributed by atoms with E-state index in [4.69, 9.17) is 5.11 Å². The van der Waals surface area contributed by atoms with E-state index in [9.17, 15) is 14.0 Å². The lowest BCUT2D eigenvalue weighted by molar-refractivity contribution is 0.184. The van der Waals surface area contributed by atoms with Gasteiger partial charge in [0, 0.05) is 37.9 Å². The van der Waals surface area contributed by atoms with Crippen molar-refractivity contribution in [3.63, 3.8) is 0 Å². The van der Waals surface area contributed by atoms with Crippen molar-refractivity contribution in [3.05, 3.63) is 65.5 Å². The number of carboxylic acid groups (broad SMARTS) is 1. The minimum absolute atomic E-state index is 0.0748. The van der Waals surface area contributed by atoms with Crippen molar-refractivity contribution < 1.29 is 19.1 Å². The Morgan fingerprint density at radius 3 is 2.32 bits per heavy atom. The topological polar surface area (TPSA) is 93.7 Å². The number of piperidine rings is 1. The normalized spacial score (nSPS) is 14.2. The maximum absolute atomic E-state index is 13.2. The van der Waals surface area contributed by atoms with Crippen LogP contribution in [0.3, 0.4) is 0 Å². The van der Waals surface area contributed by atoms with Crippen molar-refractivity contribution in [2.75, 3.05) is 31.5 Å². The van der Waals surface area contributed by atoms with Gasteiger partial charge in [-0.3, -0.25) is 0 Å². The summed E-state index contributed by atoms with van der Waals surface area (Å²) in [6, 6.07) is 14.6. The van der Waals surface area contributed by atoms with E-state index in [1.165, 1.54) is 12.1 Å². The number of urea groups is 1. The SMILES string of the molecule is O=C(O)NCCc1ccc(NC2CCN(C(=O)NCCc3cccc(F)c3)CC2)cc1. The number of benzene rings is 2. The van der Waals surface area contributed by atoms with Crippen molar-refractivity contribution in [2.45, 2.75) is 31.7 Å². The summed E-state index contributed by atoms with van der Waals surface area (Å²) in [4.78, 5) is 24.7. The van der Waals surface area contributed by atoms with Gasteiger partial charge in [-0.2, -0.15) is 0 Å². The first kappa shape index (κ1) is 22.4. The Kier molecular flexibility index (Phi) is 8.09. The zero-order chi connectivity index (χ0) is 22.1. The van der Waals surface area contributed by atoms with Crippen molar-refractivity contribution in [3.8, 4) is 0 Å². The van der Waals surface area contributed by atoms with Gasteiger partial charge in [-0.05, 0) is 61.1 Å². The van der Waals surface area contributed by atoms with E-state index in [0.717, 1.165) is 29.7 Å². The molecule has 3 rings (SSSR count). The van der Waals surface area contributed by atoms with Crippen LogP contribution in [0.5, 0.6) is 0 Å². The highest BCUT2D eigenvalue weighted by atomic mass is 19.1. The second kappa shape index (κ2) is 11.2. The number of nitrogens with one attached hydrogen (secondary N) is 3. The number of rotatable bonds is 8. The molecule has 1 heterocycles. The molecule has 0 radical (unpaired) electrons. The Hall–Kier alpha value is -3.29. The van der Waals surface area contributed by atoms with Crippen LogP contribution in [0, 0.1) is 5.82 Å². The number of hydrogen-bond acceptors (Lipinski definition) is 3. The number of carbonyl (C=O) groups excluding carboxylic acids is 1. The van der Waals surface area contributed by atoms with Gasteiger partial charge in [0.15, 0.2) is 0 Å². The van der Waals surface area contributed by atoms with E-state index >= 15 is 0 Å². The fraction of sp³-hybridized carbons (Fsp3) is 0.391. The smallest absolute Gasteiger partial charge is 0.404 e. The molecule has 0 atom stereocenters. The molecule has 0 aromatic heterocycles. The predicted octanol–water partition coefficient (Wildman–Crippen LogP) is 3.46. The number of hydrogen-bond donors (Lipinski definition) is 4. The lowest BCUT2D eigenvalue weighted by Gasteiger charge is -2.33. The molecule has 0 bridgehead atoms. The Labute approximate surface area is 181 Å². The second-order valence-corrected chi connectivity index (χ2v) is 7.70. The first-order valence-electron chi connectivity index (χ1n) is 10.6. The maximum atomic E-state index is 13.2. The van der Waals surface area contributed by atoms with Crippen LogP contribution in [0.2, 0.25) is 0 Å². The first-order chi connectivity index (χ1) is 15.0. The molecule has 0 spiro atoms. The number of halogens is 1. The number of likely N-dealkylation sites (tertiary alicyclic amines) is 1. The molecule has 166 valence electrons. The third-order valence-corrected chi connectivity index (χ3v) is 5.38. The molecule has 7 nitrogen and oxygen atoms in total. The molecule has 1 fully saturated rings. The largest absolute Gasteiger partial charge is 0.465 e. The molecule has 31 heavy (non-hydrogen) atoms. The molecule has 0 saturated carbocycles. The van der Waals surface area contributed by atoms with Gasteiger partial charge < -0.3 is 26.0 Å². The van der Waals surface area contributed by atoms with Crippen LogP contribution in [0.1, 0.15) is 24.0 Å². The van der Waals surface area contributed by atoms with E-state index in [0.29, 0.717) is 45.1 Å². The summed E-state index contributed by atoms with van der Waals surface area (Å²) in [5, 5.41) is 17.4. The lowest BCUT2D eigenvalue weighted by atomic mass is 10.0. The number of nitrogens with zero attached hydrogens (tertiary/aromatic N) is 1. The van der Waals surface area contributed by atoms with Crippen LogP contribution in [0.25, 0.3) is 0 Å². The average molecular weight is 429 g/mol. The molecule has 4 N–H and O–H groups in total. The quantitative estimate of drug-likeness (QED) is 0.518. The summed E-state index contributed by atoms with van der Waals surface area (Å²) in [6.45, 7) is 2.24. The molecule has 1 aliphatic rings. The Morgan fingerprint density at radius 2 is 1.65 bits per heavy atom. The number of carbonyl (C=O) groups is 2. The Morgan fingerprint density at radius 1 is 0.968 bits per heavy atom. The van der Waals surface area contributed by atoms with Crippen molar-refractivity contribution in [2.24, 2.45) is 0 Å². The molecule has 2 aromatic carbocycles. The molecule has 1 saturated heterocycles. The van der Waals surface area contributed by atoms with Crippen LogP contribution in [0.4, 0.5) is 19.7 Å². The molecule has 3 amide bonds. The predicted molar refractivity (Wildman–Crippen MR) is 118 cm³/mol. The fourth-order valence-electron chi connectivity index (χ4n) is 3.66. The van der Waals surface area contributed by atoms with Gasteiger partial charge in [0.1, 0.15) is 5.82 Å². The zero-order valence-electron chi connectivity index (χ0n) is 17.4. The van der Waals surface area contributed by atoms with E-state index in [2.05, 4.69) is 16.0 Å². The molecule has 0 unspecified atom stereocenters. The van der Waals surface area contributed by atoms with E-state index in [1.54, 1.807) is 6.07 Å². The van der Waals surface area contributed by atoms with Gasteiger partial charge in [0.25, 0.3) is 0 Å². The van der Waals surface area contributed by atoms with Gasteiger partial charge in [-0.1, -0.05) is 24.3 Å². The third-order valence-electron chi connectivity index (χ3n) is 5.38. The van der Waals surface area contributed by atoms with Crippen molar-refractivity contribution in [1.29, 1.82) is 0 Å².